The second kappa shape index (κ2) is 9.42. The van der Waals surface area contributed by atoms with E-state index in [1.807, 2.05) is 73.7 Å². The molecule has 0 aromatic heterocycles. The van der Waals surface area contributed by atoms with Gasteiger partial charge in [-0.25, -0.2) is 4.79 Å². The Morgan fingerprint density at radius 2 is 1.50 bits per heavy atom. The van der Waals surface area contributed by atoms with Crippen molar-refractivity contribution in [2.24, 2.45) is 0 Å². The smallest absolute Gasteiger partial charge is 0.336 e. The second-order valence-corrected chi connectivity index (χ2v) is 6.26. The Bertz CT molecular complexity index is 944. The van der Waals surface area contributed by atoms with Crippen LogP contribution in [0.15, 0.2) is 78.9 Å². The maximum Gasteiger partial charge on any atom is 0.336 e. The monoisotopic (exact) mass is 374 g/mol. The van der Waals surface area contributed by atoms with Crippen molar-refractivity contribution in [2.75, 3.05) is 13.2 Å². The van der Waals surface area contributed by atoms with E-state index in [4.69, 9.17) is 9.47 Å². The molecule has 3 aromatic rings. The van der Waals surface area contributed by atoms with Crippen molar-refractivity contribution < 1.29 is 19.4 Å². The zero-order chi connectivity index (χ0) is 19.8. The fourth-order valence-electron chi connectivity index (χ4n) is 2.74. The highest BCUT2D eigenvalue weighted by Crippen LogP contribution is 2.21. The average Bonchev–Trinajstić information content (AvgIpc) is 2.72. The fraction of sp³-hybridized carbons (Fsp3) is 0.125. The van der Waals surface area contributed by atoms with Gasteiger partial charge in [-0.2, -0.15) is 0 Å². The number of carboxylic acid groups (broad SMARTS) is 1. The average molecular weight is 374 g/mol. The van der Waals surface area contributed by atoms with Crippen molar-refractivity contribution in [3.8, 4) is 11.5 Å². The maximum absolute atomic E-state index is 11.6. The van der Waals surface area contributed by atoms with Gasteiger partial charge in [-0.3, -0.25) is 0 Å². The van der Waals surface area contributed by atoms with Gasteiger partial charge in [0.2, 0.25) is 0 Å². The number of aliphatic carboxylic acids is 1. The molecule has 0 saturated carbocycles. The summed E-state index contributed by atoms with van der Waals surface area (Å²) in [6, 6.07) is 24.2. The molecule has 28 heavy (non-hydrogen) atoms. The number of carbonyl (C=O) groups is 1. The van der Waals surface area contributed by atoms with Gasteiger partial charge in [-0.15, -0.1) is 0 Å². The lowest BCUT2D eigenvalue weighted by atomic mass is 10.0. The summed E-state index contributed by atoms with van der Waals surface area (Å²) in [4.78, 5) is 11.6. The third-order valence-corrected chi connectivity index (χ3v) is 4.21. The minimum Gasteiger partial charge on any atom is -0.490 e. The molecule has 142 valence electrons. The summed E-state index contributed by atoms with van der Waals surface area (Å²) in [6.07, 6.45) is 1.66. The van der Waals surface area contributed by atoms with Crippen LogP contribution in [0.4, 0.5) is 0 Å². The molecule has 0 spiro atoms. The number of carboxylic acids is 1. The lowest BCUT2D eigenvalue weighted by Crippen LogP contribution is -2.09. The van der Waals surface area contributed by atoms with E-state index in [0.29, 0.717) is 24.5 Å². The summed E-state index contributed by atoms with van der Waals surface area (Å²) in [5.74, 6) is 0.607. The summed E-state index contributed by atoms with van der Waals surface area (Å²) >= 11 is 0. The van der Waals surface area contributed by atoms with E-state index in [-0.39, 0.29) is 5.57 Å². The number of ether oxygens (including phenoxy) is 2. The molecular weight excluding hydrogens is 352 g/mol. The predicted octanol–water partition coefficient (Wildman–Crippen LogP) is 5.08. The zero-order valence-corrected chi connectivity index (χ0v) is 15.7. The molecule has 1 N–H and O–H groups in total. The predicted molar refractivity (Wildman–Crippen MR) is 111 cm³/mol. The third kappa shape index (κ3) is 5.24. The van der Waals surface area contributed by atoms with Crippen LogP contribution in [0.1, 0.15) is 16.7 Å². The molecule has 0 atom stereocenters. The van der Waals surface area contributed by atoms with Gasteiger partial charge in [0.05, 0.1) is 5.57 Å². The first kappa shape index (κ1) is 19.2. The first-order valence-electron chi connectivity index (χ1n) is 9.05. The molecule has 0 aliphatic rings. The van der Waals surface area contributed by atoms with Crippen LogP contribution in [0.5, 0.6) is 11.5 Å². The van der Waals surface area contributed by atoms with Crippen molar-refractivity contribution >= 4 is 17.6 Å². The largest absolute Gasteiger partial charge is 0.490 e. The lowest BCUT2D eigenvalue weighted by Gasteiger charge is -2.10. The number of benzene rings is 3. The van der Waals surface area contributed by atoms with Crippen LogP contribution in [0.3, 0.4) is 0 Å². The summed E-state index contributed by atoms with van der Waals surface area (Å²) in [6.45, 7) is 2.88. The number of aryl methyl sites for hydroxylation is 1. The van der Waals surface area contributed by atoms with E-state index < -0.39 is 5.97 Å². The molecule has 0 saturated heterocycles. The van der Waals surface area contributed by atoms with E-state index in [1.165, 1.54) is 0 Å². The quantitative estimate of drug-likeness (QED) is 0.339. The topological polar surface area (TPSA) is 55.8 Å². The van der Waals surface area contributed by atoms with Gasteiger partial charge in [0.25, 0.3) is 0 Å². The molecule has 3 rings (SSSR count). The summed E-state index contributed by atoms with van der Waals surface area (Å²) in [7, 11) is 0. The molecule has 0 amide bonds. The Morgan fingerprint density at radius 3 is 2.18 bits per heavy atom. The number of rotatable bonds is 8. The Morgan fingerprint density at radius 1 is 0.857 bits per heavy atom. The zero-order valence-electron chi connectivity index (χ0n) is 15.7. The molecule has 4 nitrogen and oxygen atoms in total. The molecule has 0 fully saturated rings. The molecule has 0 bridgehead atoms. The van der Waals surface area contributed by atoms with Gasteiger partial charge < -0.3 is 14.6 Å². The molecule has 4 heteroatoms. The normalized spacial score (nSPS) is 11.1. The van der Waals surface area contributed by atoms with Crippen molar-refractivity contribution in [2.45, 2.75) is 6.92 Å². The van der Waals surface area contributed by atoms with Gasteiger partial charge in [0.15, 0.2) is 0 Å². The molecule has 0 unspecified atom stereocenters. The first-order chi connectivity index (χ1) is 13.6. The standard InChI is InChI=1S/C24H22O4/c1-18-7-5-6-10-23(18)28-16-15-27-21-13-11-19(12-14-21)17-22(24(25)26)20-8-3-2-4-9-20/h2-14,17H,15-16H2,1H3,(H,25,26)/b22-17-. The van der Waals surface area contributed by atoms with Crippen LogP contribution in [-0.4, -0.2) is 24.3 Å². The fourth-order valence-corrected chi connectivity index (χ4v) is 2.74. The van der Waals surface area contributed by atoms with E-state index in [9.17, 15) is 9.90 Å². The summed E-state index contributed by atoms with van der Waals surface area (Å²) in [5.41, 5.74) is 2.81. The molecule has 3 aromatic carbocycles. The molecule has 0 aliphatic heterocycles. The van der Waals surface area contributed by atoms with Crippen molar-refractivity contribution in [3.63, 3.8) is 0 Å². The Hall–Kier alpha value is -3.53. The minimum atomic E-state index is -0.958. The van der Waals surface area contributed by atoms with Gasteiger partial charge >= 0.3 is 5.97 Å². The van der Waals surface area contributed by atoms with Crippen molar-refractivity contribution in [1.29, 1.82) is 0 Å². The highest BCUT2D eigenvalue weighted by atomic mass is 16.5. The molecule has 0 radical (unpaired) electrons. The van der Waals surface area contributed by atoms with Crippen LogP contribution in [0, 0.1) is 6.92 Å². The number of hydrogen-bond acceptors (Lipinski definition) is 3. The van der Waals surface area contributed by atoms with E-state index in [2.05, 4.69) is 0 Å². The first-order valence-corrected chi connectivity index (χ1v) is 9.05. The van der Waals surface area contributed by atoms with Crippen LogP contribution < -0.4 is 9.47 Å². The van der Waals surface area contributed by atoms with Gasteiger partial charge in [0.1, 0.15) is 24.7 Å². The van der Waals surface area contributed by atoms with Crippen molar-refractivity contribution in [1.82, 2.24) is 0 Å². The van der Waals surface area contributed by atoms with Gasteiger partial charge in [-0.1, -0.05) is 60.7 Å². The highest BCUT2D eigenvalue weighted by Gasteiger charge is 2.09. The SMILES string of the molecule is Cc1ccccc1OCCOc1ccc(/C=C(\C(=O)O)c2ccccc2)cc1. The minimum absolute atomic E-state index is 0.251. The van der Waals surface area contributed by atoms with Gasteiger partial charge in [0, 0.05) is 0 Å². The summed E-state index contributed by atoms with van der Waals surface area (Å²) in [5, 5.41) is 9.49. The Labute approximate surface area is 164 Å². The number of hydrogen-bond donors (Lipinski definition) is 1. The van der Waals surface area contributed by atoms with Crippen LogP contribution in [0.2, 0.25) is 0 Å². The van der Waals surface area contributed by atoms with Crippen LogP contribution in [0.25, 0.3) is 11.6 Å². The van der Waals surface area contributed by atoms with Crippen LogP contribution >= 0.6 is 0 Å². The van der Waals surface area contributed by atoms with Crippen molar-refractivity contribution in [3.05, 3.63) is 95.6 Å². The highest BCUT2D eigenvalue weighted by molar-refractivity contribution is 6.20. The van der Waals surface area contributed by atoms with E-state index in [0.717, 1.165) is 16.9 Å². The van der Waals surface area contributed by atoms with E-state index >= 15 is 0 Å². The molecular formula is C24H22O4. The third-order valence-electron chi connectivity index (χ3n) is 4.21. The lowest BCUT2D eigenvalue weighted by molar-refractivity contribution is -0.130. The van der Waals surface area contributed by atoms with Crippen LogP contribution in [-0.2, 0) is 4.79 Å². The Balaban J connectivity index is 1.58. The van der Waals surface area contributed by atoms with E-state index in [1.54, 1.807) is 18.2 Å². The second-order valence-electron chi connectivity index (χ2n) is 6.26. The summed E-state index contributed by atoms with van der Waals surface area (Å²) < 4.78 is 11.4. The van der Waals surface area contributed by atoms with Gasteiger partial charge in [-0.05, 0) is 47.9 Å². The Kier molecular flexibility index (Phi) is 6.47. The molecule has 0 heterocycles. The molecule has 0 aliphatic carbocycles. The number of para-hydroxylation sites is 1. The maximum atomic E-state index is 11.6.